The standard InChI is InChI=1S/C15H22O3/c1-10(7-14(17)18)5-6-13-11(2)8-12(16)9-15(13,3)4/h5-7,11,13H,8-9H2,1-4H3,(H,17,18)/b6-5+,10-7+. The van der Waals surface area contributed by atoms with E-state index in [1.54, 1.807) is 6.92 Å². The second kappa shape index (κ2) is 5.51. The Labute approximate surface area is 109 Å². The number of Topliss-reactive ketones (excluding diaryl/α,β-unsaturated/α-hetero) is 1. The van der Waals surface area contributed by atoms with E-state index in [0.717, 1.165) is 5.57 Å². The Bertz CT molecular complexity index is 402. The fraction of sp³-hybridized carbons (Fsp3) is 0.600. The molecular weight excluding hydrogens is 228 g/mol. The highest BCUT2D eigenvalue weighted by molar-refractivity contribution is 5.81. The van der Waals surface area contributed by atoms with Crippen LogP contribution >= 0.6 is 0 Å². The number of allylic oxidation sites excluding steroid dienone is 3. The maximum Gasteiger partial charge on any atom is 0.328 e. The van der Waals surface area contributed by atoms with Gasteiger partial charge < -0.3 is 5.11 Å². The minimum atomic E-state index is -0.928. The monoisotopic (exact) mass is 250 g/mol. The summed E-state index contributed by atoms with van der Waals surface area (Å²) >= 11 is 0. The van der Waals surface area contributed by atoms with Gasteiger partial charge in [0.1, 0.15) is 5.78 Å². The Balaban J connectivity index is 2.85. The summed E-state index contributed by atoms with van der Waals surface area (Å²) in [5, 5.41) is 8.66. The van der Waals surface area contributed by atoms with Gasteiger partial charge in [0.05, 0.1) is 0 Å². The van der Waals surface area contributed by atoms with Gasteiger partial charge in [-0.15, -0.1) is 0 Å². The van der Waals surface area contributed by atoms with Crippen molar-refractivity contribution < 1.29 is 14.7 Å². The molecule has 0 amide bonds. The first kappa shape index (κ1) is 14.7. The predicted molar refractivity (Wildman–Crippen MR) is 71.2 cm³/mol. The van der Waals surface area contributed by atoms with Crippen molar-refractivity contribution in [3.8, 4) is 0 Å². The van der Waals surface area contributed by atoms with Crippen molar-refractivity contribution in [2.24, 2.45) is 17.3 Å². The molecule has 2 unspecified atom stereocenters. The van der Waals surface area contributed by atoms with Gasteiger partial charge in [0, 0.05) is 18.9 Å². The Kier molecular flexibility index (Phi) is 4.49. The summed E-state index contributed by atoms with van der Waals surface area (Å²) in [6.45, 7) is 8.07. The first-order valence-corrected chi connectivity index (χ1v) is 6.33. The molecule has 1 rings (SSSR count). The van der Waals surface area contributed by atoms with Crippen LogP contribution in [0.3, 0.4) is 0 Å². The van der Waals surface area contributed by atoms with Crippen LogP contribution < -0.4 is 0 Å². The third-order valence-electron chi connectivity index (χ3n) is 3.64. The molecule has 18 heavy (non-hydrogen) atoms. The van der Waals surface area contributed by atoms with Crippen molar-refractivity contribution in [1.29, 1.82) is 0 Å². The van der Waals surface area contributed by atoms with E-state index < -0.39 is 5.97 Å². The van der Waals surface area contributed by atoms with E-state index in [1.165, 1.54) is 6.08 Å². The molecule has 0 aliphatic heterocycles. The third kappa shape index (κ3) is 3.83. The van der Waals surface area contributed by atoms with Crippen molar-refractivity contribution >= 4 is 11.8 Å². The normalized spacial score (nSPS) is 28.7. The van der Waals surface area contributed by atoms with Gasteiger partial charge in [-0.05, 0) is 29.7 Å². The van der Waals surface area contributed by atoms with Gasteiger partial charge in [-0.2, -0.15) is 0 Å². The van der Waals surface area contributed by atoms with E-state index in [-0.39, 0.29) is 5.41 Å². The van der Waals surface area contributed by atoms with Crippen molar-refractivity contribution in [2.75, 3.05) is 0 Å². The van der Waals surface area contributed by atoms with Crippen LogP contribution in [0, 0.1) is 17.3 Å². The molecule has 0 aromatic heterocycles. The number of rotatable bonds is 3. The number of carbonyl (C=O) groups is 2. The maximum absolute atomic E-state index is 11.6. The van der Waals surface area contributed by atoms with Crippen LogP contribution in [0.15, 0.2) is 23.8 Å². The molecular formula is C15H22O3. The number of carboxylic acids is 1. The highest BCUT2D eigenvalue weighted by Crippen LogP contribution is 2.43. The van der Waals surface area contributed by atoms with Crippen molar-refractivity contribution in [3.63, 3.8) is 0 Å². The average Bonchev–Trinajstić information content (AvgIpc) is 2.12. The maximum atomic E-state index is 11.6. The lowest BCUT2D eigenvalue weighted by atomic mass is 9.63. The molecule has 2 atom stereocenters. The zero-order valence-electron chi connectivity index (χ0n) is 11.6. The van der Waals surface area contributed by atoms with Gasteiger partial charge in [-0.3, -0.25) is 4.79 Å². The molecule has 3 nitrogen and oxygen atoms in total. The quantitative estimate of drug-likeness (QED) is 0.618. The summed E-state index contributed by atoms with van der Waals surface area (Å²) in [5.41, 5.74) is 0.678. The van der Waals surface area contributed by atoms with E-state index in [0.29, 0.717) is 30.5 Å². The summed E-state index contributed by atoms with van der Waals surface area (Å²) in [4.78, 5) is 22.1. The van der Waals surface area contributed by atoms with Crippen LogP contribution in [-0.4, -0.2) is 16.9 Å². The highest BCUT2D eigenvalue weighted by Gasteiger charge is 2.38. The Hall–Kier alpha value is -1.38. The smallest absolute Gasteiger partial charge is 0.328 e. The van der Waals surface area contributed by atoms with Crippen molar-refractivity contribution in [2.45, 2.75) is 40.5 Å². The first-order chi connectivity index (χ1) is 8.22. The molecule has 1 fully saturated rings. The lowest BCUT2D eigenvalue weighted by Gasteiger charge is -2.40. The van der Waals surface area contributed by atoms with Crippen molar-refractivity contribution in [1.82, 2.24) is 0 Å². The Morgan fingerprint density at radius 3 is 2.56 bits per heavy atom. The summed E-state index contributed by atoms with van der Waals surface area (Å²) < 4.78 is 0. The van der Waals surface area contributed by atoms with E-state index in [1.807, 2.05) is 6.08 Å². The summed E-state index contributed by atoms with van der Waals surface area (Å²) in [7, 11) is 0. The average molecular weight is 250 g/mol. The first-order valence-electron chi connectivity index (χ1n) is 6.33. The number of hydrogen-bond donors (Lipinski definition) is 1. The molecule has 0 saturated heterocycles. The van der Waals surface area contributed by atoms with Gasteiger partial charge in [0.15, 0.2) is 0 Å². The minimum absolute atomic E-state index is 0.0469. The molecule has 0 heterocycles. The van der Waals surface area contributed by atoms with Crippen LogP contribution in [0.5, 0.6) is 0 Å². The lowest BCUT2D eigenvalue weighted by molar-refractivity contribution is -0.131. The molecule has 100 valence electrons. The molecule has 1 aliphatic rings. The fourth-order valence-corrected chi connectivity index (χ4v) is 2.90. The van der Waals surface area contributed by atoms with Crippen LogP contribution in [0.1, 0.15) is 40.5 Å². The molecule has 3 heteroatoms. The SMILES string of the molecule is CC(/C=C/C1C(C)CC(=O)CC1(C)C)=C\C(=O)O. The Morgan fingerprint density at radius 2 is 2.06 bits per heavy atom. The molecule has 0 radical (unpaired) electrons. The number of aliphatic carboxylic acids is 1. The molecule has 0 aromatic rings. The van der Waals surface area contributed by atoms with Gasteiger partial charge in [0.2, 0.25) is 0 Å². The zero-order chi connectivity index (χ0) is 13.9. The predicted octanol–water partition coefficient (Wildman–Crippen LogP) is 3.21. The molecule has 1 N–H and O–H groups in total. The van der Waals surface area contributed by atoms with E-state index >= 15 is 0 Å². The number of hydrogen-bond acceptors (Lipinski definition) is 2. The lowest BCUT2D eigenvalue weighted by Crippen LogP contribution is -2.36. The van der Waals surface area contributed by atoms with Crippen LogP contribution in [0.2, 0.25) is 0 Å². The molecule has 1 saturated carbocycles. The van der Waals surface area contributed by atoms with Gasteiger partial charge >= 0.3 is 5.97 Å². The van der Waals surface area contributed by atoms with Crippen LogP contribution in [0.25, 0.3) is 0 Å². The minimum Gasteiger partial charge on any atom is -0.478 e. The van der Waals surface area contributed by atoms with Crippen molar-refractivity contribution in [3.05, 3.63) is 23.8 Å². The van der Waals surface area contributed by atoms with Gasteiger partial charge in [-0.25, -0.2) is 4.79 Å². The van der Waals surface area contributed by atoms with E-state index in [9.17, 15) is 9.59 Å². The Morgan fingerprint density at radius 1 is 1.44 bits per heavy atom. The van der Waals surface area contributed by atoms with Gasteiger partial charge in [-0.1, -0.05) is 32.9 Å². The highest BCUT2D eigenvalue weighted by atomic mass is 16.4. The molecule has 1 aliphatic carbocycles. The summed E-state index contributed by atoms with van der Waals surface area (Å²) in [6.07, 6.45) is 6.34. The second-order valence-electron chi connectivity index (χ2n) is 6.00. The molecule has 0 aromatic carbocycles. The molecule has 0 bridgehead atoms. The number of carbonyl (C=O) groups excluding carboxylic acids is 1. The van der Waals surface area contributed by atoms with Gasteiger partial charge in [0.25, 0.3) is 0 Å². The number of ketones is 1. The summed E-state index contributed by atoms with van der Waals surface area (Å²) in [5.74, 6) is 0.0284. The van der Waals surface area contributed by atoms with Crippen LogP contribution in [0.4, 0.5) is 0 Å². The fourth-order valence-electron chi connectivity index (χ4n) is 2.90. The largest absolute Gasteiger partial charge is 0.478 e. The molecule has 0 spiro atoms. The topological polar surface area (TPSA) is 54.4 Å². The second-order valence-corrected chi connectivity index (χ2v) is 6.00. The van der Waals surface area contributed by atoms with E-state index in [4.69, 9.17) is 5.11 Å². The third-order valence-corrected chi connectivity index (χ3v) is 3.64. The zero-order valence-corrected chi connectivity index (χ0v) is 11.6. The summed E-state index contributed by atoms with van der Waals surface area (Å²) in [6, 6.07) is 0. The number of carboxylic acid groups (broad SMARTS) is 1. The van der Waals surface area contributed by atoms with Crippen LogP contribution in [-0.2, 0) is 9.59 Å². The van der Waals surface area contributed by atoms with E-state index in [2.05, 4.69) is 26.8 Å².